The average Bonchev–Trinajstić information content (AvgIpc) is 1.98. The predicted molar refractivity (Wildman–Crippen MR) is 54.9 cm³/mol. The van der Waals surface area contributed by atoms with E-state index in [-0.39, 0.29) is 6.42 Å². The zero-order valence-corrected chi connectivity index (χ0v) is 8.41. The lowest BCUT2D eigenvalue weighted by atomic mass is 10.1. The predicted octanol–water partition coefficient (Wildman–Crippen LogP) is 1.50. The highest BCUT2D eigenvalue weighted by Crippen LogP contribution is 2.19. The van der Waals surface area contributed by atoms with E-state index in [0.29, 0.717) is 11.3 Å². The number of anilines is 1. The van der Waals surface area contributed by atoms with Gasteiger partial charge in [0, 0.05) is 9.26 Å². The van der Waals surface area contributed by atoms with Crippen molar-refractivity contribution in [3.05, 3.63) is 27.3 Å². The molecule has 64 valence electrons. The lowest BCUT2D eigenvalue weighted by Gasteiger charge is -2.03. The van der Waals surface area contributed by atoms with Crippen molar-refractivity contribution in [1.29, 1.82) is 0 Å². The van der Waals surface area contributed by atoms with Gasteiger partial charge in [-0.05, 0) is 34.2 Å². The number of carbonyl (C=O) groups is 1. The number of halogens is 1. The smallest absolute Gasteiger partial charge is 0.307 e. The van der Waals surface area contributed by atoms with Crippen molar-refractivity contribution in [2.24, 2.45) is 0 Å². The molecule has 0 fully saturated rings. The third-order valence-corrected chi connectivity index (χ3v) is 2.43. The molecule has 0 spiro atoms. The monoisotopic (exact) mass is 277 g/mol. The highest BCUT2D eigenvalue weighted by molar-refractivity contribution is 14.1. The number of hydrogen-bond donors (Lipinski definition) is 2. The number of para-hydroxylation sites is 1. The lowest BCUT2D eigenvalue weighted by molar-refractivity contribution is -0.136. The summed E-state index contributed by atoms with van der Waals surface area (Å²) in [5.41, 5.74) is 6.91. The van der Waals surface area contributed by atoms with Crippen LogP contribution in [0.4, 0.5) is 5.69 Å². The van der Waals surface area contributed by atoms with Gasteiger partial charge in [0.1, 0.15) is 0 Å². The van der Waals surface area contributed by atoms with Crippen LogP contribution in [-0.2, 0) is 11.2 Å². The van der Waals surface area contributed by atoms with Crippen molar-refractivity contribution in [3.63, 3.8) is 0 Å². The van der Waals surface area contributed by atoms with E-state index < -0.39 is 5.97 Å². The minimum atomic E-state index is -0.858. The fourth-order valence-electron chi connectivity index (χ4n) is 0.899. The van der Waals surface area contributed by atoms with Crippen LogP contribution in [0.1, 0.15) is 5.56 Å². The Hall–Kier alpha value is -0.780. The average molecular weight is 277 g/mol. The molecule has 3 nitrogen and oxygen atoms in total. The molecule has 0 aliphatic rings. The van der Waals surface area contributed by atoms with Crippen LogP contribution in [0.25, 0.3) is 0 Å². The summed E-state index contributed by atoms with van der Waals surface area (Å²) in [6.07, 6.45) is -0.0112. The summed E-state index contributed by atoms with van der Waals surface area (Å²) >= 11 is 2.08. The van der Waals surface area contributed by atoms with Gasteiger partial charge in [-0.15, -0.1) is 0 Å². The van der Waals surface area contributed by atoms with Gasteiger partial charge in [0.05, 0.1) is 6.42 Å². The van der Waals surface area contributed by atoms with Crippen LogP contribution in [-0.4, -0.2) is 11.1 Å². The maximum Gasteiger partial charge on any atom is 0.307 e. The van der Waals surface area contributed by atoms with E-state index in [9.17, 15) is 4.79 Å². The number of carboxylic acids is 1. The molecule has 0 amide bonds. The van der Waals surface area contributed by atoms with E-state index in [1.165, 1.54) is 0 Å². The molecule has 1 rings (SSSR count). The molecular weight excluding hydrogens is 269 g/mol. The number of nitrogens with two attached hydrogens (primary N) is 1. The first-order chi connectivity index (χ1) is 5.61. The molecule has 0 unspecified atom stereocenters. The van der Waals surface area contributed by atoms with E-state index in [0.717, 1.165) is 3.57 Å². The molecule has 0 saturated heterocycles. The van der Waals surface area contributed by atoms with Crippen LogP contribution in [0.15, 0.2) is 18.2 Å². The first-order valence-corrected chi connectivity index (χ1v) is 4.44. The summed E-state index contributed by atoms with van der Waals surface area (Å²) in [4.78, 5) is 10.4. The number of aliphatic carboxylic acids is 1. The molecule has 0 radical (unpaired) electrons. The van der Waals surface area contributed by atoms with Crippen molar-refractivity contribution < 1.29 is 9.90 Å². The SMILES string of the molecule is Nc1c(I)cccc1CC(=O)O. The normalized spacial score (nSPS) is 9.75. The van der Waals surface area contributed by atoms with Crippen molar-refractivity contribution >= 4 is 34.2 Å². The molecular formula is C8H8INO2. The number of hydrogen-bond acceptors (Lipinski definition) is 2. The van der Waals surface area contributed by atoms with Gasteiger partial charge in [-0.3, -0.25) is 4.79 Å². The summed E-state index contributed by atoms with van der Waals surface area (Å²) in [6, 6.07) is 5.38. The second-order valence-corrected chi connectivity index (χ2v) is 3.55. The van der Waals surface area contributed by atoms with Gasteiger partial charge in [0.15, 0.2) is 0 Å². The highest BCUT2D eigenvalue weighted by atomic mass is 127. The molecule has 0 atom stereocenters. The van der Waals surface area contributed by atoms with Crippen molar-refractivity contribution in [2.75, 3.05) is 5.73 Å². The zero-order valence-electron chi connectivity index (χ0n) is 6.25. The first-order valence-electron chi connectivity index (χ1n) is 3.36. The second kappa shape index (κ2) is 3.75. The van der Waals surface area contributed by atoms with Crippen molar-refractivity contribution in [3.8, 4) is 0 Å². The topological polar surface area (TPSA) is 63.3 Å². The summed E-state index contributed by atoms with van der Waals surface area (Å²) in [7, 11) is 0. The van der Waals surface area contributed by atoms with Gasteiger partial charge in [-0.1, -0.05) is 12.1 Å². The molecule has 0 bridgehead atoms. The van der Waals surface area contributed by atoms with Crippen LogP contribution >= 0.6 is 22.6 Å². The Morgan fingerprint density at radius 2 is 2.25 bits per heavy atom. The first kappa shape index (κ1) is 9.31. The molecule has 0 saturated carbocycles. The summed E-state index contributed by atoms with van der Waals surface area (Å²) in [5.74, 6) is -0.858. The standard InChI is InChI=1S/C8H8INO2/c9-6-3-1-2-5(8(6)10)4-7(11)12/h1-3H,4,10H2,(H,11,12). The third-order valence-electron chi connectivity index (χ3n) is 1.48. The van der Waals surface area contributed by atoms with Gasteiger partial charge in [0.25, 0.3) is 0 Å². The van der Waals surface area contributed by atoms with Gasteiger partial charge in [0.2, 0.25) is 0 Å². The fraction of sp³-hybridized carbons (Fsp3) is 0.125. The maximum absolute atomic E-state index is 10.4. The van der Waals surface area contributed by atoms with Crippen LogP contribution in [0.2, 0.25) is 0 Å². The van der Waals surface area contributed by atoms with Gasteiger partial charge in [-0.2, -0.15) is 0 Å². The number of benzene rings is 1. The van der Waals surface area contributed by atoms with Gasteiger partial charge >= 0.3 is 5.97 Å². The van der Waals surface area contributed by atoms with Crippen LogP contribution in [0, 0.1) is 3.57 Å². The molecule has 0 aliphatic heterocycles. The third kappa shape index (κ3) is 2.10. The molecule has 3 N–H and O–H groups in total. The van der Waals surface area contributed by atoms with Gasteiger partial charge < -0.3 is 10.8 Å². The van der Waals surface area contributed by atoms with Gasteiger partial charge in [-0.25, -0.2) is 0 Å². The van der Waals surface area contributed by atoms with Crippen LogP contribution in [0.5, 0.6) is 0 Å². The van der Waals surface area contributed by atoms with Crippen molar-refractivity contribution in [1.82, 2.24) is 0 Å². The Labute approximate surface area is 83.7 Å². The minimum absolute atomic E-state index is 0.0112. The Bertz CT molecular complexity index is 312. The molecule has 1 aromatic carbocycles. The van der Waals surface area contributed by atoms with E-state index >= 15 is 0 Å². The Kier molecular flexibility index (Phi) is 2.91. The second-order valence-electron chi connectivity index (χ2n) is 2.38. The van der Waals surface area contributed by atoms with E-state index in [1.807, 2.05) is 6.07 Å². The molecule has 1 aromatic rings. The molecule has 12 heavy (non-hydrogen) atoms. The van der Waals surface area contributed by atoms with E-state index in [1.54, 1.807) is 12.1 Å². The quantitative estimate of drug-likeness (QED) is 0.636. The summed E-state index contributed by atoms with van der Waals surface area (Å²) in [6.45, 7) is 0. The van der Waals surface area contributed by atoms with E-state index in [4.69, 9.17) is 10.8 Å². The Morgan fingerprint density at radius 1 is 1.58 bits per heavy atom. The van der Waals surface area contributed by atoms with Crippen LogP contribution in [0.3, 0.4) is 0 Å². The largest absolute Gasteiger partial charge is 0.481 e. The molecule has 0 aliphatic carbocycles. The number of rotatable bonds is 2. The van der Waals surface area contributed by atoms with Crippen molar-refractivity contribution in [2.45, 2.75) is 6.42 Å². The lowest BCUT2D eigenvalue weighted by Crippen LogP contribution is -2.04. The highest BCUT2D eigenvalue weighted by Gasteiger charge is 2.05. The zero-order chi connectivity index (χ0) is 9.14. The van der Waals surface area contributed by atoms with Crippen LogP contribution < -0.4 is 5.73 Å². The molecule has 0 aromatic heterocycles. The number of nitrogen functional groups attached to an aromatic ring is 1. The number of carboxylic acid groups (broad SMARTS) is 1. The summed E-state index contributed by atoms with van der Waals surface area (Å²) in [5, 5.41) is 8.52. The fourth-order valence-corrected chi connectivity index (χ4v) is 1.45. The maximum atomic E-state index is 10.4. The minimum Gasteiger partial charge on any atom is -0.481 e. The molecule has 4 heteroatoms. The van der Waals surface area contributed by atoms with E-state index in [2.05, 4.69) is 22.6 Å². The summed E-state index contributed by atoms with van der Waals surface area (Å²) < 4.78 is 0.895. The molecule has 0 heterocycles. The Balaban J connectivity index is 3.00. The Morgan fingerprint density at radius 3 is 2.83 bits per heavy atom.